The lowest BCUT2D eigenvalue weighted by atomic mass is 9.82. The zero-order valence-corrected chi connectivity index (χ0v) is 13.2. The van der Waals surface area contributed by atoms with Gasteiger partial charge in [-0.3, -0.25) is 0 Å². The maximum Gasteiger partial charge on any atom is 0.0412 e. The Balaban J connectivity index is 1.73. The van der Waals surface area contributed by atoms with Gasteiger partial charge >= 0.3 is 0 Å². The number of benzene rings is 1. The predicted octanol–water partition coefficient (Wildman–Crippen LogP) is 3.87. The lowest BCUT2D eigenvalue weighted by Gasteiger charge is -2.39. The number of nitrogens with one attached hydrogen (secondary N) is 1. The van der Waals surface area contributed by atoms with E-state index in [-0.39, 0.29) is 0 Å². The van der Waals surface area contributed by atoms with Gasteiger partial charge in [0.25, 0.3) is 0 Å². The largest absolute Gasteiger partial charge is 0.371 e. The molecular formula is C18H28N2. The van der Waals surface area contributed by atoms with Crippen LogP contribution in [-0.2, 0) is 6.54 Å². The van der Waals surface area contributed by atoms with E-state index in [0.29, 0.717) is 5.41 Å². The van der Waals surface area contributed by atoms with E-state index in [9.17, 15) is 0 Å². The highest BCUT2D eigenvalue weighted by molar-refractivity contribution is 5.55. The Bertz CT molecular complexity index is 464. The van der Waals surface area contributed by atoms with Crippen LogP contribution in [0.25, 0.3) is 0 Å². The van der Waals surface area contributed by atoms with E-state index >= 15 is 0 Å². The van der Waals surface area contributed by atoms with E-state index < -0.39 is 0 Å². The molecule has 0 unspecified atom stereocenters. The Labute approximate surface area is 123 Å². The van der Waals surface area contributed by atoms with Crippen molar-refractivity contribution in [2.45, 2.75) is 59.0 Å². The molecule has 0 amide bonds. The van der Waals surface area contributed by atoms with Crippen LogP contribution in [0.2, 0.25) is 0 Å². The van der Waals surface area contributed by atoms with Gasteiger partial charge in [-0.1, -0.05) is 31.5 Å². The van der Waals surface area contributed by atoms with Gasteiger partial charge in [0, 0.05) is 31.4 Å². The van der Waals surface area contributed by atoms with E-state index in [0.717, 1.165) is 12.6 Å². The van der Waals surface area contributed by atoms with Crippen molar-refractivity contribution in [3.05, 3.63) is 29.3 Å². The summed E-state index contributed by atoms with van der Waals surface area (Å²) in [4.78, 5) is 2.59. The Morgan fingerprint density at radius 1 is 1.20 bits per heavy atom. The van der Waals surface area contributed by atoms with Gasteiger partial charge in [-0.15, -0.1) is 0 Å². The molecule has 0 spiro atoms. The minimum Gasteiger partial charge on any atom is -0.371 e. The average Bonchev–Trinajstić information content (AvgIpc) is 3.21. The molecule has 0 atom stereocenters. The highest BCUT2D eigenvalue weighted by Gasteiger charge is 2.27. The molecule has 1 heterocycles. The molecule has 110 valence electrons. The smallest absolute Gasteiger partial charge is 0.0412 e. The maximum absolute atomic E-state index is 3.67. The van der Waals surface area contributed by atoms with Crippen LogP contribution < -0.4 is 10.2 Å². The van der Waals surface area contributed by atoms with Crippen molar-refractivity contribution in [1.29, 1.82) is 0 Å². The third-order valence-corrected chi connectivity index (χ3v) is 4.85. The molecule has 2 heteroatoms. The van der Waals surface area contributed by atoms with Crippen LogP contribution in [0.1, 0.15) is 50.7 Å². The number of piperidine rings is 1. The Hall–Kier alpha value is -1.02. The molecular weight excluding hydrogens is 244 g/mol. The normalized spacial score (nSPS) is 22.1. The lowest BCUT2D eigenvalue weighted by Crippen LogP contribution is -2.38. The standard InChI is InChI=1S/C18H28N2/c1-14-4-7-17(15(12-14)13-19-16-5-6-16)20-10-8-18(2,3)9-11-20/h4,7,12,16,19H,5-6,8-11,13H2,1-3H3. The van der Waals surface area contributed by atoms with Crippen LogP contribution in [0.4, 0.5) is 5.69 Å². The van der Waals surface area contributed by atoms with E-state index in [1.807, 2.05) is 0 Å². The second-order valence-corrected chi connectivity index (χ2v) is 7.44. The monoisotopic (exact) mass is 272 g/mol. The summed E-state index contributed by atoms with van der Waals surface area (Å²) in [5.74, 6) is 0. The summed E-state index contributed by atoms with van der Waals surface area (Å²) in [7, 11) is 0. The molecule has 2 nitrogen and oxygen atoms in total. The Morgan fingerprint density at radius 2 is 1.90 bits per heavy atom. The molecule has 1 aromatic rings. The molecule has 1 aliphatic carbocycles. The number of rotatable bonds is 4. The van der Waals surface area contributed by atoms with E-state index in [2.05, 4.69) is 49.2 Å². The van der Waals surface area contributed by atoms with Crippen molar-refractivity contribution in [2.75, 3.05) is 18.0 Å². The van der Waals surface area contributed by atoms with Crippen LogP contribution in [0.5, 0.6) is 0 Å². The van der Waals surface area contributed by atoms with Crippen molar-refractivity contribution in [3.63, 3.8) is 0 Å². The molecule has 0 aromatic heterocycles. The quantitative estimate of drug-likeness (QED) is 0.895. The van der Waals surface area contributed by atoms with Crippen LogP contribution in [-0.4, -0.2) is 19.1 Å². The first kappa shape index (κ1) is 13.9. The summed E-state index contributed by atoms with van der Waals surface area (Å²) in [5, 5.41) is 3.67. The third kappa shape index (κ3) is 3.35. The van der Waals surface area contributed by atoms with Crippen molar-refractivity contribution < 1.29 is 0 Å². The first-order chi connectivity index (χ1) is 9.53. The van der Waals surface area contributed by atoms with Gasteiger partial charge in [-0.05, 0) is 49.7 Å². The Morgan fingerprint density at radius 3 is 2.55 bits per heavy atom. The number of hydrogen-bond donors (Lipinski definition) is 1. The highest BCUT2D eigenvalue weighted by atomic mass is 15.1. The third-order valence-electron chi connectivity index (χ3n) is 4.85. The highest BCUT2D eigenvalue weighted by Crippen LogP contribution is 2.34. The van der Waals surface area contributed by atoms with Gasteiger partial charge in [0.05, 0.1) is 0 Å². The zero-order chi connectivity index (χ0) is 14.2. The molecule has 2 aliphatic rings. The Kier molecular flexibility index (Phi) is 3.76. The fourth-order valence-electron chi connectivity index (χ4n) is 3.06. The molecule has 1 saturated heterocycles. The summed E-state index contributed by atoms with van der Waals surface area (Å²) in [6.07, 6.45) is 5.32. The molecule has 3 rings (SSSR count). The van der Waals surface area contributed by atoms with Gasteiger partial charge in [0.1, 0.15) is 0 Å². The first-order valence-electron chi connectivity index (χ1n) is 8.11. The van der Waals surface area contributed by atoms with E-state index in [1.165, 1.54) is 55.6 Å². The van der Waals surface area contributed by atoms with Crippen LogP contribution >= 0.6 is 0 Å². The second-order valence-electron chi connectivity index (χ2n) is 7.44. The first-order valence-corrected chi connectivity index (χ1v) is 8.11. The maximum atomic E-state index is 3.67. The SMILES string of the molecule is Cc1ccc(N2CCC(C)(C)CC2)c(CNC2CC2)c1. The summed E-state index contributed by atoms with van der Waals surface area (Å²) in [6, 6.07) is 7.74. The summed E-state index contributed by atoms with van der Waals surface area (Å²) in [6.45, 7) is 10.4. The molecule has 1 N–H and O–H groups in total. The lowest BCUT2D eigenvalue weighted by molar-refractivity contribution is 0.279. The van der Waals surface area contributed by atoms with Crippen molar-refractivity contribution in [1.82, 2.24) is 5.32 Å². The predicted molar refractivity (Wildman–Crippen MR) is 86.3 cm³/mol. The molecule has 2 fully saturated rings. The minimum absolute atomic E-state index is 0.521. The van der Waals surface area contributed by atoms with Crippen molar-refractivity contribution in [2.24, 2.45) is 5.41 Å². The number of anilines is 1. The number of hydrogen-bond acceptors (Lipinski definition) is 2. The summed E-state index contributed by atoms with van der Waals surface area (Å²) < 4.78 is 0. The summed E-state index contributed by atoms with van der Waals surface area (Å²) in [5.41, 5.74) is 4.84. The molecule has 0 bridgehead atoms. The molecule has 1 saturated carbocycles. The van der Waals surface area contributed by atoms with E-state index in [4.69, 9.17) is 0 Å². The zero-order valence-electron chi connectivity index (χ0n) is 13.2. The average molecular weight is 272 g/mol. The van der Waals surface area contributed by atoms with Gasteiger partial charge < -0.3 is 10.2 Å². The molecule has 0 radical (unpaired) electrons. The fourth-order valence-corrected chi connectivity index (χ4v) is 3.06. The van der Waals surface area contributed by atoms with Gasteiger partial charge in [-0.25, -0.2) is 0 Å². The van der Waals surface area contributed by atoms with Gasteiger partial charge in [0.15, 0.2) is 0 Å². The second kappa shape index (κ2) is 5.40. The minimum atomic E-state index is 0.521. The molecule has 1 aliphatic heterocycles. The van der Waals surface area contributed by atoms with E-state index in [1.54, 1.807) is 0 Å². The van der Waals surface area contributed by atoms with Crippen LogP contribution in [0, 0.1) is 12.3 Å². The molecule has 1 aromatic carbocycles. The number of nitrogens with zero attached hydrogens (tertiary/aromatic N) is 1. The van der Waals surface area contributed by atoms with Gasteiger partial charge in [0.2, 0.25) is 0 Å². The number of aryl methyl sites for hydroxylation is 1. The van der Waals surface area contributed by atoms with Crippen molar-refractivity contribution in [3.8, 4) is 0 Å². The van der Waals surface area contributed by atoms with Crippen molar-refractivity contribution >= 4 is 5.69 Å². The van der Waals surface area contributed by atoms with Crippen LogP contribution in [0.3, 0.4) is 0 Å². The van der Waals surface area contributed by atoms with Gasteiger partial charge in [-0.2, -0.15) is 0 Å². The van der Waals surface area contributed by atoms with Crippen LogP contribution in [0.15, 0.2) is 18.2 Å². The topological polar surface area (TPSA) is 15.3 Å². The summed E-state index contributed by atoms with van der Waals surface area (Å²) >= 11 is 0. The molecule has 20 heavy (non-hydrogen) atoms. The fraction of sp³-hybridized carbons (Fsp3) is 0.667.